The van der Waals surface area contributed by atoms with Gasteiger partial charge in [0.15, 0.2) is 0 Å². The largest absolute Gasteiger partial charge is 0.508 e. The average molecular weight is 279 g/mol. The van der Waals surface area contributed by atoms with Crippen molar-refractivity contribution >= 4 is 16.9 Å². The molecule has 110 valence electrons. The number of aromatic amines is 1. The van der Waals surface area contributed by atoms with Gasteiger partial charge in [-0.25, -0.2) is 0 Å². The van der Waals surface area contributed by atoms with E-state index in [4.69, 9.17) is 16.6 Å². The maximum Gasteiger partial charge on any atom is 0.303 e. The highest BCUT2D eigenvalue weighted by molar-refractivity contribution is 5.84. The fraction of sp³-hybridized carbons (Fsp3) is 0.357. The van der Waals surface area contributed by atoms with Crippen molar-refractivity contribution in [1.82, 2.24) is 4.98 Å². The van der Waals surface area contributed by atoms with Gasteiger partial charge in [-0.15, -0.1) is 0 Å². The summed E-state index contributed by atoms with van der Waals surface area (Å²) in [6.45, 7) is 1.09. The molecule has 0 aliphatic heterocycles. The van der Waals surface area contributed by atoms with Gasteiger partial charge < -0.3 is 26.7 Å². The number of aromatic nitrogens is 1. The molecular weight excluding hydrogens is 258 g/mol. The number of phenolic OH excluding ortho intramolecular Hbond substituents is 1. The molecule has 2 rings (SSSR count). The third-order valence-corrected chi connectivity index (χ3v) is 2.76. The minimum absolute atomic E-state index is 0.191. The highest BCUT2D eigenvalue weighted by Gasteiger charge is 2.02. The van der Waals surface area contributed by atoms with E-state index in [1.165, 1.54) is 0 Å². The third kappa shape index (κ3) is 4.91. The number of H-pyrrole nitrogens is 1. The zero-order valence-electron chi connectivity index (χ0n) is 11.3. The molecule has 0 radical (unpaired) electrons. The number of benzene rings is 1. The van der Waals surface area contributed by atoms with Crippen LogP contribution < -0.4 is 11.5 Å². The topological polar surface area (TPSA) is 125 Å². The lowest BCUT2D eigenvalue weighted by atomic mass is 10.1. The fourth-order valence-corrected chi connectivity index (χ4v) is 1.78. The highest BCUT2D eigenvalue weighted by Crippen LogP contribution is 2.22. The van der Waals surface area contributed by atoms with Crippen molar-refractivity contribution in [2.45, 2.75) is 19.3 Å². The van der Waals surface area contributed by atoms with Gasteiger partial charge in [0.2, 0.25) is 0 Å². The number of aromatic hydroxyl groups is 1. The van der Waals surface area contributed by atoms with Crippen molar-refractivity contribution in [3.8, 4) is 5.75 Å². The predicted molar refractivity (Wildman–Crippen MR) is 78.6 cm³/mol. The average Bonchev–Trinajstić information content (AvgIpc) is 2.80. The second kappa shape index (κ2) is 8.19. The fourth-order valence-electron chi connectivity index (χ4n) is 1.78. The molecule has 6 nitrogen and oxygen atoms in total. The molecule has 1 aromatic carbocycles. The Kier molecular flexibility index (Phi) is 6.55. The Morgan fingerprint density at radius 1 is 1.25 bits per heavy atom. The van der Waals surface area contributed by atoms with E-state index in [1.54, 1.807) is 12.1 Å². The van der Waals surface area contributed by atoms with Crippen molar-refractivity contribution in [3.63, 3.8) is 0 Å². The molecule has 0 saturated carbocycles. The Balaban J connectivity index is 0.000000246. The van der Waals surface area contributed by atoms with E-state index in [-0.39, 0.29) is 6.42 Å². The van der Waals surface area contributed by atoms with E-state index >= 15 is 0 Å². The minimum Gasteiger partial charge on any atom is -0.508 e. The van der Waals surface area contributed by atoms with E-state index in [1.807, 2.05) is 12.3 Å². The van der Waals surface area contributed by atoms with Crippen LogP contribution in [-0.2, 0) is 11.2 Å². The van der Waals surface area contributed by atoms with Gasteiger partial charge in [0.1, 0.15) is 5.75 Å². The zero-order valence-corrected chi connectivity index (χ0v) is 11.3. The van der Waals surface area contributed by atoms with Crippen LogP contribution in [0.15, 0.2) is 24.4 Å². The first-order valence-corrected chi connectivity index (χ1v) is 6.49. The predicted octanol–water partition coefficient (Wildman–Crippen LogP) is 1.18. The SMILES string of the molecule is NCCCC(=O)O.NCCc1c[nH]c2ccc(O)cc12. The molecule has 1 aromatic heterocycles. The normalized spacial score (nSPS) is 10.1. The molecule has 0 atom stereocenters. The lowest BCUT2D eigenvalue weighted by Gasteiger charge is -1.96. The number of aliphatic carboxylic acids is 1. The molecule has 1 heterocycles. The molecule has 0 bridgehead atoms. The molecule has 0 saturated heterocycles. The van der Waals surface area contributed by atoms with E-state index in [0.29, 0.717) is 25.3 Å². The Hall–Kier alpha value is -2.05. The van der Waals surface area contributed by atoms with Crippen molar-refractivity contribution in [3.05, 3.63) is 30.0 Å². The van der Waals surface area contributed by atoms with Crippen molar-refractivity contribution in [1.29, 1.82) is 0 Å². The quantitative estimate of drug-likeness (QED) is 0.562. The molecule has 6 heteroatoms. The van der Waals surface area contributed by atoms with Crippen LogP contribution in [0, 0.1) is 0 Å². The molecule has 0 fully saturated rings. The summed E-state index contributed by atoms with van der Waals surface area (Å²) < 4.78 is 0. The smallest absolute Gasteiger partial charge is 0.303 e. The zero-order chi connectivity index (χ0) is 15.0. The Morgan fingerprint density at radius 2 is 2.00 bits per heavy atom. The number of carboxylic acids is 1. The minimum atomic E-state index is -0.773. The van der Waals surface area contributed by atoms with Gasteiger partial charge in [-0.2, -0.15) is 0 Å². The monoisotopic (exact) mass is 279 g/mol. The number of phenols is 1. The van der Waals surface area contributed by atoms with Crippen LogP contribution in [-0.4, -0.2) is 34.3 Å². The standard InChI is InChI=1S/C10H12N2O.C4H9NO2/c11-4-3-7-6-12-10-2-1-8(13)5-9(7)10;5-3-1-2-4(6)7/h1-2,5-6,12-13H,3-4,11H2;1-3,5H2,(H,6,7). The van der Waals surface area contributed by atoms with Crippen LogP contribution in [0.25, 0.3) is 10.9 Å². The first kappa shape index (κ1) is 16.0. The Morgan fingerprint density at radius 3 is 2.55 bits per heavy atom. The summed E-state index contributed by atoms with van der Waals surface area (Å²) in [4.78, 5) is 12.8. The van der Waals surface area contributed by atoms with Crippen molar-refractivity contribution in [2.75, 3.05) is 13.1 Å². The number of hydrogen-bond donors (Lipinski definition) is 5. The van der Waals surface area contributed by atoms with Gasteiger partial charge in [-0.3, -0.25) is 4.79 Å². The third-order valence-electron chi connectivity index (χ3n) is 2.76. The van der Waals surface area contributed by atoms with Crippen molar-refractivity contribution in [2.24, 2.45) is 11.5 Å². The number of hydrogen-bond acceptors (Lipinski definition) is 4. The molecular formula is C14H21N3O3. The summed E-state index contributed by atoms with van der Waals surface area (Å²) in [6.07, 6.45) is 3.55. The number of carboxylic acid groups (broad SMARTS) is 1. The summed E-state index contributed by atoms with van der Waals surface area (Å²) in [6, 6.07) is 5.30. The number of nitrogens with two attached hydrogens (primary N) is 2. The molecule has 20 heavy (non-hydrogen) atoms. The number of rotatable bonds is 5. The summed E-state index contributed by atoms with van der Waals surface area (Å²) in [5, 5.41) is 18.3. The van der Waals surface area contributed by atoms with E-state index in [0.717, 1.165) is 22.9 Å². The van der Waals surface area contributed by atoms with E-state index in [9.17, 15) is 9.90 Å². The molecule has 0 aliphatic carbocycles. The Bertz CT molecular complexity index is 552. The van der Waals surface area contributed by atoms with Gasteiger partial charge in [-0.1, -0.05) is 0 Å². The highest BCUT2D eigenvalue weighted by atomic mass is 16.4. The lowest BCUT2D eigenvalue weighted by Crippen LogP contribution is -2.02. The molecule has 0 unspecified atom stereocenters. The number of carbonyl (C=O) groups is 1. The maximum absolute atomic E-state index is 9.70. The van der Waals surface area contributed by atoms with Crippen LogP contribution in [0.5, 0.6) is 5.75 Å². The van der Waals surface area contributed by atoms with Crippen molar-refractivity contribution < 1.29 is 15.0 Å². The van der Waals surface area contributed by atoms with Crippen LogP contribution in [0.2, 0.25) is 0 Å². The summed E-state index contributed by atoms with van der Waals surface area (Å²) in [7, 11) is 0. The number of nitrogens with one attached hydrogen (secondary N) is 1. The van der Waals surface area contributed by atoms with Crippen LogP contribution in [0.4, 0.5) is 0 Å². The Labute approximate surface area is 117 Å². The molecule has 0 spiro atoms. The molecule has 2 aromatic rings. The maximum atomic E-state index is 9.70. The summed E-state index contributed by atoms with van der Waals surface area (Å²) >= 11 is 0. The first-order chi connectivity index (χ1) is 9.58. The molecule has 7 N–H and O–H groups in total. The van der Waals surface area contributed by atoms with Gasteiger partial charge in [0.25, 0.3) is 0 Å². The van der Waals surface area contributed by atoms with Gasteiger partial charge in [-0.05, 0) is 49.7 Å². The molecule has 0 aliphatic rings. The summed E-state index contributed by atoms with van der Waals surface area (Å²) in [5.74, 6) is -0.476. The second-order valence-corrected chi connectivity index (χ2v) is 4.37. The second-order valence-electron chi connectivity index (χ2n) is 4.37. The van der Waals surface area contributed by atoms with Gasteiger partial charge >= 0.3 is 5.97 Å². The first-order valence-electron chi connectivity index (χ1n) is 6.49. The van der Waals surface area contributed by atoms with E-state index in [2.05, 4.69) is 4.98 Å². The molecule has 0 amide bonds. The summed E-state index contributed by atoms with van der Waals surface area (Å²) in [5.41, 5.74) is 12.7. The van der Waals surface area contributed by atoms with Gasteiger partial charge in [0, 0.05) is 23.5 Å². The van der Waals surface area contributed by atoms with E-state index < -0.39 is 5.97 Å². The van der Waals surface area contributed by atoms with Crippen LogP contribution >= 0.6 is 0 Å². The van der Waals surface area contributed by atoms with Crippen LogP contribution in [0.3, 0.4) is 0 Å². The number of fused-ring (bicyclic) bond motifs is 1. The van der Waals surface area contributed by atoms with Crippen LogP contribution in [0.1, 0.15) is 18.4 Å². The van der Waals surface area contributed by atoms with Gasteiger partial charge in [0.05, 0.1) is 0 Å². The lowest BCUT2D eigenvalue weighted by molar-refractivity contribution is -0.137.